The monoisotopic (exact) mass is 449 g/mol. The minimum Gasteiger partial charge on any atom is -0.493 e. The normalized spacial score (nSPS) is 12.3. The number of hydrogen-bond donors (Lipinski definition) is 1. The van der Waals surface area contributed by atoms with E-state index in [0.717, 1.165) is 42.5 Å². The molecule has 0 radical (unpaired) electrons. The number of para-hydroxylation sites is 1. The van der Waals surface area contributed by atoms with Gasteiger partial charge in [0.15, 0.2) is 5.75 Å². The van der Waals surface area contributed by atoms with Crippen LogP contribution in [-0.4, -0.2) is 26.6 Å². The number of nitro benzene ring substituents is 1. The highest BCUT2D eigenvalue weighted by molar-refractivity contribution is 5.98. The zero-order chi connectivity index (χ0) is 22.4. The van der Waals surface area contributed by atoms with Gasteiger partial charge in [-0.2, -0.15) is 4.39 Å². The molecule has 1 N–H and O–H groups in total. The van der Waals surface area contributed by atoms with E-state index in [4.69, 9.17) is 4.74 Å². The SMILES string of the molecule is C.COc1cnc(Nc2cc([N+](=O)[O-])c(F)cc2C)nc1-c1cn2c3c(cccc13)CCC2. The maximum Gasteiger partial charge on any atom is 0.306 e. The number of nitrogens with one attached hydrogen (secondary N) is 1. The van der Waals surface area contributed by atoms with Crippen LogP contribution < -0.4 is 10.1 Å². The second-order valence-corrected chi connectivity index (χ2v) is 7.76. The lowest BCUT2D eigenvalue weighted by Gasteiger charge is -2.14. The van der Waals surface area contributed by atoms with Gasteiger partial charge in [-0.25, -0.2) is 9.97 Å². The predicted molar refractivity (Wildman–Crippen MR) is 126 cm³/mol. The fraction of sp³-hybridized carbons (Fsp3) is 0.250. The number of hydrogen-bond acceptors (Lipinski definition) is 6. The molecule has 33 heavy (non-hydrogen) atoms. The van der Waals surface area contributed by atoms with E-state index in [9.17, 15) is 14.5 Å². The molecule has 4 aromatic rings. The molecule has 0 fully saturated rings. The summed E-state index contributed by atoms with van der Waals surface area (Å²) in [5.74, 6) is -0.138. The van der Waals surface area contributed by atoms with E-state index in [1.807, 2.05) is 6.07 Å². The summed E-state index contributed by atoms with van der Waals surface area (Å²) >= 11 is 0. The number of nitrogens with zero attached hydrogens (tertiary/aromatic N) is 4. The van der Waals surface area contributed by atoms with Gasteiger partial charge in [0, 0.05) is 29.8 Å². The molecule has 0 unspecified atom stereocenters. The first-order chi connectivity index (χ1) is 15.5. The number of nitro groups is 1. The lowest BCUT2D eigenvalue weighted by atomic mass is 10.0. The molecule has 0 saturated carbocycles. The number of rotatable bonds is 5. The van der Waals surface area contributed by atoms with Gasteiger partial charge in [-0.15, -0.1) is 0 Å². The van der Waals surface area contributed by atoms with E-state index < -0.39 is 16.4 Å². The summed E-state index contributed by atoms with van der Waals surface area (Å²) in [6.45, 7) is 2.59. The highest BCUT2D eigenvalue weighted by atomic mass is 19.1. The summed E-state index contributed by atoms with van der Waals surface area (Å²) in [6.07, 6.45) is 5.76. The van der Waals surface area contributed by atoms with Crippen LogP contribution in [0.4, 0.5) is 21.7 Å². The number of aryl methyl sites for hydroxylation is 3. The van der Waals surface area contributed by atoms with E-state index >= 15 is 0 Å². The fourth-order valence-electron chi connectivity index (χ4n) is 4.27. The minimum absolute atomic E-state index is 0. The maximum atomic E-state index is 13.9. The summed E-state index contributed by atoms with van der Waals surface area (Å²) in [7, 11) is 1.56. The molecule has 9 heteroatoms. The van der Waals surface area contributed by atoms with Crippen molar-refractivity contribution in [3.05, 3.63) is 69.8 Å². The second kappa shape index (κ2) is 8.50. The Morgan fingerprint density at radius 3 is 2.88 bits per heavy atom. The van der Waals surface area contributed by atoms with Crippen molar-refractivity contribution in [2.45, 2.75) is 33.7 Å². The van der Waals surface area contributed by atoms with E-state index in [2.05, 4.69) is 38.2 Å². The van der Waals surface area contributed by atoms with E-state index in [-0.39, 0.29) is 13.4 Å². The van der Waals surface area contributed by atoms with Gasteiger partial charge in [0.1, 0.15) is 5.69 Å². The standard InChI is InChI=1S/C23H20FN5O3.CH4/c1-13-9-17(24)19(29(30)31)10-18(13)26-23-25-11-20(32-2)21(27-23)16-12-28-8-4-6-14-5-3-7-15(16)22(14)28;/h3,5,7,9-12H,4,6,8H2,1-2H3,(H,25,26,27);1H4. The van der Waals surface area contributed by atoms with Crippen molar-refractivity contribution in [2.24, 2.45) is 0 Å². The first kappa shape index (κ1) is 22.2. The third kappa shape index (κ3) is 3.75. The van der Waals surface area contributed by atoms with Crippen molar-refractivity contribution in [3.63, 3.8) is 0 Å². The Kier molecular flexibility index (Phi) is 5.71. The molecule has 170 valence electrons. The maximum absolute atomic E-state index is 13.9. The largest absolute Gasteiger partial charge is 0.493 e. The summed E-state index contributed by atoms with van der Waals surface area (Å²) in [4.78, 5) is 19.3. The topological polar surface area (TPSA) is 95.1 Å². The molecule has 0 bridgehead atoms. The van der Waals surface area contributed by atoms with Gasteiger partial charge in [-0.05, 0) is 37.0 Å². The first-order valence-corrected chi connectivity index (χ1v) is 10.2. The van der Waals surface area contributed by atoms with Gasteiger partial charge in [-0.3, -0.25) is 10.1 Å². The molecular weight excluding hydrogens is 425 g/mol. The van der Waals surface area contributed by atoms with Gasteiger partial charge in [0.2, 0.25) is 11.8 Å². The van der Waals surface area contributed by atoms with Crippen molar-refractivity contribution < 1.29 is 14.1 Å². The van der Waals surface area contributed by atoms with Crippen LogP contribution >= 0.6 is 0 Å². The number of ether oxygens (including phenoxy) is 1. The Hall–Kier alpha value is -4.01. The molecule has 0 aliphatic carbocycles. The van der Waals surface area contributed by atoms with E-state index in [1.165, 1.54) is 11.1 Å². The molecule has 0 atom stereocenters. The van der Waals surface area contributed by atoms with Crippen LogP contribution in [0.5, 0.6) is 5.75 Å². The highest BCUT2D eigenvalue weighted by Gasteiger charge is 2.21. The van der Waals surface area contributed by atoms with Crippen LogP contribution in [0.25, 0.3) is 22.2 Å². The van der Waals surface area contributed by atoms with Crippen LogP contribution in [-0.2, 0) is 13.0 Å². The molecule has 0 saturated heterocycles. The number of halogens is 1. The molecule has 0 amide bonds. The Balaban J connectivity index is 0.00000259. The fourth-order valence-corrected chi connectivity index (χ4v) is 4.27. The molecule has 3 heterocycles. The molecule has 1 aliphatic rings. The average Bonchev–Trinajstić information content (AvgIpc) is 3.16. The molecule has 0 spiro atoms. The average molecular weight is 449 g/mol. The summed E-state index contributed by atoms with van der Waals surface area (Å²) in [6, 6.07) is 8.53. The van der Waals surface area contributed by atoms with Crippen LogP contribution in [0, 0.1) is 22.9 Å². The highest BCUT2D eigenvalue weighted by Crippen LogP contribution is 2.38. The molecule has 1 aliphatic heterocycles. The van der Waals surface area contributed by atoms with Crippen molar-refractivity contribution in [1.82, 2.24) is 14.5 Å². The zero-order valence-electron chi connectivity index (χ0n) is 17.6. The molecule has 8 nitrogen and oxygen atoms in total. The van der Waals surface area contributed by atoms with Crippen LogP contribution in [0.2, 0.25) is 0 Å². The summed E-state index contributed by atoms with van der Waals surface area (Å²) < 4.78 is 21.7. The van der Waals surface area contributed by atoms with Crippen molar-refractivity contribution in [1.29, 1.82) is 0 Å². The van der Waals surface area contributed by atoms with Gasteiger partial charge in [0.05, 0.1) is 29.4 Å². The molecular formula is C24H24FN5O3. The predicted octanol–water partition coefficient (Wildman–Crippen LogP) is 5.79. The van der Waals surface area contributed by atoms with Crippen molar-refractivity contribution in [2.75, 3.05) is 12.4 Å². The number of methoxy groups -OCH3 is 1. The third-order valence-corrected chi connectivity index (χ3v) is 5.79. The van der Waals surface area contributed by atoms with Gasteiger partial charge < -0.3 is 14.6 Å². The van der Waals surface area contributed by atoms with Gasteiger partial charge >= 0.3 is 5.69 Å². The van der Waals surface area contributed by atoms with Crippen LogP contribution in [0.1, 0.15) is 25.0 Å². The smallest absolute Gasteiger partial charge is 0.306 e. The number of anilines is 2. The zero-order valence-corrected chi connectivity index (χ0v) is 17.6. The molecule has 5 rings (SSSR count). The summed E-state index contributed by atoms with van der Waals surface area (Å²) in [5, 5.41) is 15.2. The van der Waals surface area contributed by atoms with Crippen molar-refractivity contribution >= 4 is 28.2 Å². The lowest BCUT2D eigenvalue weighted by molar-refractivity contribution is -0.387. The number of aromatic nitrogens is 3. The van der Waals surface area contributed by atoms with Crippen molar-refractivity contribution in [3.8, 4) is 17.0 Å². The first-order valence-electron chi connectivity index (χ1n) is 10.2. The van der Waals surface area contributed by atoms with Crippen LogP contribution in [0.15, 0.2) is 42.7 Å². The quantitative estimate of drug-likeness (QED) is 0.306. The van der Waals surface area contributed by atoms with Gasteiger partial charge in [-0.1, -0.05) is 25.6 Å². The molecule has 2 aromatic carbocycles. The van der Waals surface area contributed by atoms with E-state index in [1.54, 1.807) is 20.2 Å². The Labute approximate surface area is 190 Å². The summed E-state index contributed by atoms with van der Waals surface area (Å²) in [5.41, 5.74) is 4.29. The lowest BCUT2D eigenvalue weighted by Crippen LogP contribution is -2.05. The Morgan fingerprint density at radius 2 is 2.12 bits per heavy atom. The van der Waals surface area contributed by atoms with E-state index in [0.29, 0.717) is 22.7 Å². The minimum atomic E-state index is -0.886. The third-order valence-electron chi connectivity index (χ3n) is 5.79. The second-order valence-electron chi connectivity index (χ2n) is 7.76. The Morgan fingerprint density at radius 1 is 1.30 bits per heavy atom. The van der Waals surface area contributed by atoms with Gasteiger partial charge in [0.25, 0.3) is 0 Å². The Bertz CT molecular complexity index is 1380. The molecule has 2 aromatic heterocycles. The number of benzene rings is 2. The van der Waals surface area contributed by atoms with Crippen LogP contribution in [0.3, 0.4) is 0 Å².